The van der Waals surface area contributed by atoms with Crippen molar-refractivity contribution >= 4 is 10.1 Å². The van der Waals surface area contributed by atoms with Crippen molar-refractivity contribution < 1.29 is 26.1 Å². The van der Waals surface area contributed by atoms with E-state index in [0.717, 1.165) is 0 Å². The Morgan fingerprint density at radius 3 is 1.60 bits per heavy atom. The van der Waals surface area contributed by atoms with E-state index in [4.69, 9.17) is 13.0 Å². The van der Waals surface area contributed by atoms with Crippen LogP contribution in [0.15, 0.2) is 0 Å². The smallest absolute Gasteiger partial charge is 0.306 e. The summed E-state index contributed by atoms with van der Waals surface area (Å²) in [5, 5.41) is 0. The molecule has 0 aromatic rings. The summed E-state index contributed by atoms with van der Waals surface area (Å²) in [6, 6.07) is 0. The van der Waals surface area contributed by atoms with Crippen molar-refractivity contribution in [3.05, 3.63) is 0 Å². The van der Waals surface area contributed by atoms with Gasteiger partial charge in [-0.1, -0.05) is 6.42 Å². The van der Waals surface area contributed by atoms with Gasteiger partial charge in [0.15, 0.2) is 0 Å². The molecule has 1 aliphatic heterocycles. The molecule has 1 rings (SSSR count). The normalized spacial score (nSPS) is 19.3. The number of likely N-dealkylation sites (tertiary alicyclic amines) is 1. The molecule has 4 nitrogen and oxygen atoms in total. The predicted octanol–water partition coefficient (Wildman–Crippen LogP) is 1.50. The SMILES string of the molecule is CN1CCCCC1.O=S(=O)(O)C(F)(F)F. The molecule has 1 N–H and O–H groups in total. The van der Waals surface area contributed by atoms with E-state index in [9.17, 15) is 13.2 Å². The molecule has 0 radical (unpaired) electrons. The molecule has 8 heteroatoms. The Morgan fingerprint density at radius 2 is 1.47 bits per heavy atom. The average molecular weight is 249 g/mol. The van der Waals surface area contributed by atoms with Crippen molar-refractivity contribution in [3.8, 4) is 0 Å². The van der Waals surface area contributed by atoms with Crippen molar-refractivity contribution in [2.24, 2.45) is 0 Å². The van der Waals surface area contributed by atoms with Gasteiger partial charge in [0.2, 0.25) is 0 Å². The first-order valence-electron chi connectivity index (χ1n) is 4.37. The Hall–Kier alpha value is -0.340. The van der Waals surface area contributed by atoms with Crippen LogP contribution in [0.2, 0.25) is 0 Å². The summed E-state index contributed by atoms with van der Waals surface area (Å²) in [6.45, 7) is 2.64. The fourth-order valence-electron chi connectivity index (χ4n) is 1.05. The molecular formula is C7H14F3NO3S. The number of rotatable bonds is 0. The number of hydrogen-bond donors (Lipinski definition) is 1. The maximum absolute atomic E-state index is 10.7. The molecule has 0 atom stereocenters. The van der Waals surface area contributed by atoms with Gasteiger partial charge in [-0.05, 0) is 33.0 Å². The van der Waals surface area contributed by atoms with Gasteiger partial charge in [0.05, 0.1) is 0 Å². The second-order valence-electron chi connectivity index (χ2n) is 3.28. The van der Waals surface area contributed by atoms with Crippen LogP contribution in [0.4, 0.5) is 13.2 Å². The molecule has 0 spiro atoms. The molecule has 0 aliphatic carbocycles. The van der Waals surface area contributed by atoms with Crippen LogP contribution >= 0.6 is 0 Å². The zero-order chi connectivity index (χ0) is 12.1. The van der Waals surface area contributed by atoms with Crippen LogP contribution in [-0.2, 0) is 10.1 Å². The lowest BCUT2D eigenvalue weighted by Crippen LogP contribution is -2.24. The molecule has 1 fully saturated rings. The third-order valence-electron chi connectivity index (χ3n) is 1.87. The van der Waals surface area contributed by atoms with E-state index in [2.05, 4.69) is 11.9 Å². The third kappa shape index (κ3) is 6.69. The van der Waals surface area contributed by atoms with Gasteiger partial charge in [0.1, 0.15) is 0 Å². The first kappa shape index (κ1) is 14.7. The van der Waals surface area contributed by atoms with Crippen molar-refractivity contribution in [3.63, 3.8) is 0 Å². The van der Waals surface area contributed by atoms with Gasteiger partial charge in [-0.25, -0.2) is 0 Å². The number of halogens is 3. The van der Waals surface area contributed by atoms with Gasteiger partial charge in [0, 0.05) is 0 Å². The highest BCUT2D eigenvalue weighted by Gasteiger charge is 2.44. The topological polar surface area (TPSA) is 57.6 Å². The number of nitrogens with zero attached hydrogens (tertiary/aromatic N) is 1. The third-order valence-corrected chi connectivity index (χ3v) is 2.46. The molecule has 0 aromatic heterocycles. The molecule has 1 saturated heterocycles. The van der Waals surface area contributed by atoms with Crippen molar-refractivity contribution in [2.45, 2.75) is 24.8 Å². The summed E-state index contributed by atoms with van der Waals surface area (Å²) in [5.41, 5.74) is -5.53. The summed E-state index contributed by atoms with van der Waals surface area (Å²) in [4.78, 5) is 2.39. The molecule has 92 valence electrons. The maximum atomic E-state index is 10.7. The van der Waals surface area contributed by atoms with Crippen LogP contribution in [-0.4, -0.2) is 43.5 Å². The van der Waals surface area contributed by atoms with Crippen LogP contribution in [0, 0.1) is 0 Å². The maximum Gasteiger partial charge on any atom is 0.522 e. The van der Waals surface area contributed by atoms with Crippen molar-refractivity contribution in [2.75, 3.05) is 20.1 Å². The minimum atomic E-state index is -5.84. The number of alkyl halides is 3. The quantitative estimate of drug-likeness (QED) is 0.522. The lowest BCUT2D eigenvalue weighted by Gasteiger charge is -2.20. The Labute approximate surface area is 86.8 Å². The van der Waals surface area contributed by atoms with Crippen LogP contribution < -0.4 is 0 Å². The zero-order valence-electron chi connectivity index (χ0n) is 8.29. The average Bonchev–Trinajstić information content (AvgIpc) is 2.02. The van der Waals surface area contributed by atoms with E-state index >= 15 is 0 Å². The highest BCUT2D eigenvalue weighted by molar-refractivity contribution is 7.86. The first-order chi connectivity index (χ1) is 6.64. The molecule has 0 bridgehead atoms. The van der Waals surface area contributed by atoms with Gasteiger partial charge in [-0.15, -0.1) is 0 Å². The minimum absolute atomic E-state index is 1.32. The van der Waals surface area contributed by atoms with E-state index in [1.807, 2.05) is 0 Å². The molecule has 0 saturated carbocycles. The molecule has 1 heterocycles. The second-order valence-corrected chi connectivity index (χ2v) is 4.70. The summed E-state index contributed by atoms with van der Waals surface area (Å²) < 4.78 is 57.5. The van der Waals surface area contributed by atoms with Crippen LogP contribution in [0.25, 0.3) is 0 Å². The van der Waals surface area contributed by atoms with E-state index < -0.39 is 15.6 Å². The van der Waals surface area contributed by atoms with Gasteiger partial charge in [0.25, 0.3) is 0 Å². The highest BCUT2D eigenvalue weighted by atomic mass is 32.2. The van der Waals surface area contributed by atoms with Crippen molar-refractivity contribution in [1.29, 1.82) is 0 Å². The van der Waals surface area contributed by atoms with Crippen LogP contribution in [0.3, 0.4) is 0 Å². The molecule has 15 heavy (non-hydrogen) atoms. The Kier molecular flexibility index (Phi) is 5.54. The predicted molar refractivity (Wildman–Crippen MR) is 49.0 cm³/mol. The molecular weight excluding hydrogens is 235 g/mol. The Bertz CT molecular complexity index is 270. The standard InChI is InChI=1S/C6H13N.CHF3O3S/c1-7-5-3-2-4-6-7;2-1(3,4)8(5,6)7/h2-6H2,1H3;(H,5,6,7). The molecule has 0 amide bonds. The van der Waals surface area contributed by atoms with Crippen molar-refractivity contribution in [1.82, 2.24) is 4.90 Å². The van der Waals surface area contributed by atoms with Crippen LogP contribution in [0.1, 0.15) is 19.3 Å². The fourth-order valence-corrected chi connectivity index (χ4v) is 1.05. The second kappa shape index (κ2) is 5.66. The van der Waals surface area contributed by atoms with Gasteiger partial charge >= 0.3 is 15.6 Å². The summed E-state index contributed by atoms with van der Waals surface area (Å²) in [5.74, 6) is 0. The van der Waals surface area contributed by atoms with Gasteiger partial charge in [-0.2, -0.15) is 21.6 Å². The highest BCUT2D eigenvalue weighted by Crippen LogP contribution is 2.20. The first-order valence-corrected chi connectivity index (χ1v) is 5.81. The van der Waals surface area contributed by atoms with Gasteiger partial charge in [-0.3, -0.25) is 4.55 Å². The Balaban J connectivity index is 0.000000262. The number of hydrogen-bond acceptors (Lipinski definition) is 3. The van der Waals surface area contributed by atoms with E-state index in [1.54, 1.807) is 0 Å². The molecule has 0 unspecified atom stereocenters. The minimum Gasteiger partial charge on any atom is -0.306 e. The zero-order valence-corrected chi connectivity index (χ0v) is 9.11. The van der Waals surface area contributed by atoms with E-state index in [0.29, 0.717) is 0 Å². The Morgan fingerprint density at radius 1 is 1.13 bits per heavy atom. The molecule has 0 aromatic carbocycles. The largest absolute Gasteiger partial charge is 0.522 e. The summed E-state index contributed by atoms with van der Waals surface area (Å²) in [6.07, 6.45) is 4.28. The summed E-state index contributed by atoms with van der Waals surface area (Å²) >= 11 is 0. The monoisotopic (exact) mass is 249 g/mol. The number of piperidine rings is 1. The summed E-state index contributed by atoms with van der Waals surface area (Å²) in [7, 11) is -3.65. The fraction of sp³-hybridized carbons (Fsp3) is 1.00. The lowest BCUT2D eigenvalue weighted by molar-refractivity contribution is -0.0510. The van der Waals surface area contributed by atoms with E-state index in [1.165, 1.54) is 32.4 Å². The van der Waals surface area contributed by atoms with Gasteiger partial charge < -0.3 is 4.90 Å². The van der Waals surface area contributed by atoms with E-state index in [-0.39, 0.29) is 0 Å². The van der Waals surface area contributed by atoms with Crippen LogP contribution in [0.5, 0.6) is 0 Å². The lowest BCUT2D eigenvalue weighted by atomic mass is 10.1. The molecule has 1 aliphatic rings.